The van der Waals surface area contributed by atoms with Crippen LogP contribution in [0.15, 0.2) is 59.1 Å². The second kappa shape index (κ2) is 10.1. The molecule has 0 fully saturated rings. The van der Waals surface area contributed by atoms with Crippen molar-refractivity contribution in [2.45, 2.75) is 18.7 Å². The molecule has 170 valence electrons. The van der Waals surface area contributed by atoms with Crippen molar-refractivity contribution >= 4 is 34.1 Å². The van der Waals surface area contributed by atoms with Gasteiger partial charge in [-0.05, 0) is 31.2 Å². The van der Waals surface area contributed by atoms with Crippen molar-refractivity contribution in [1.29, 1.82) is 0 Å². The first-order valence-corrected chi connectivity index (χ1v) is 11.7. The number of hydrogen-bond acceptors (Lipinski definition) is 7. The molecule has 7 nitrogen and oxygen atoms in total. The summed E-state index contributed by atoms with van der Waals surface area (Å²) in [6.07, 6.45) is 0. The minimum absolute atomic E-state index is 0.0647. The number of carbonyl (C=O) groups excluding carboxylic acids is 1. The fourth-order valence-electron chi connectivity index (χ4n) is 2.95. The zero-order valence-corrected chi connectivity index (χ0v) is 19.3. The second-order valence-electron chi connectivity index (χ2n) is 7.01. The maximum absolute atomic E-state index is 12.4. The topological polar surface area (TPSA) is 81.9 Å². The summed E-state index contributed by atoms with van der Waals surface area (Å²) >= 11 is 2.60. The zero-order valence-electron chi connectivity index (χ0n) is 17.7. The van der Waals surface area contributed by atoms with Crippen LogP contribution in [0.25, 0.3) is 22.6 Å². The molecule has 0 radical (unpaired) electrons. The van der Waals surface area contributed by atoms with Gasteiger partial charge in [0.2, 0.25) is 5.91 Å². The predicted molar refractivity (Wildman–Crippen MR) is 125 cm³/mol. The number of anilines is 1. The highest BCUT2D eigenvalue weighted by Gasteiger charge is 2.15. The van der Waals surface area contributed by atoms with Crippen molar-refractivity contribution < 1.29 is 18.3 Å². The Balaban J connectivity index is 1.34. The number of hydrogen-bond donors (Lipinski definition) is 1. The maximum atomic E-state index is 12.4. The number of aryl methyl sites for hydroxylation is 1. The molecule has 0 saturated heterocycles. The third-order valence-electron chi connectivity index (χ3n) is 4.60. The van der Waals surface area contributed by atoms with Gasteiger partial charge in [0.15, 0.2) is 16.1 Å². The van der Waals surface area contributed by atoms with Gasteiger partial charge in [0.25, 0.3) is 0 Å². The molecule has 0 unspecified atom stereocenters. The van der Waals surface area contributed by atoms with Gasteiger partial charge in [-0.3, -0.25) is 4.79 Å². The fourth-order valence-corrected chi connectivity index (χ4v) is 4.40. The molecule has 0 aliphatic rings. The highest BCUT2D eigenvalue weighted by Crippen LogP contribution is 2.27. The lowest BCUT2D eigenvalue weighted by Crippen LogP contribution is -2.14. The van der Waals surface area contributed by atoms with E-state index in [1.54, 1.807) is 23.7 Å². The van der Waals surface area contributed by atoms with E-state index in [-0.39, 0.29) is 17.4 Å². The SMILES string of the molecule is Cc1ccc(-c2csc(NC(=O)CSc3nnc(-c4ccc(OC(F)F)cc4)n3C)n2)cc1. The first kappa shape index (κ1) is 22.9. The fraction of sp³-hybridized carbons (Fsp3) is 0.182. The van der Waals surface area contributed by atoms with Crippen molar-refractivity contribution in [2.75, 3.05) is 11.1 Å². The standard InChI is InChI=1S/C22H19F2N5O2S2/c1-13-3-5-14(6-4-13)17-11-32-21(25-17)26-18(30)12-33-22-28-27-19(29(22)2)15-7-9-16(10-8-15)31-20(23)24/h3-11,20H,12H2,1-2H3,(H,25,26,30). The van der Waals surface area contributed by atoms with Gasteiger partial charge in [-0.15, -0.1) is 21.5 Å². The van der Waals surface area contributed by atoms with Crippen LogP contribution in [-0.2, 0) is 11.8 Å². The third kappa shape index (κ3) is 5.74. The van der Waals surface area contributed by atoms with Crippen LogP contribution in [0.5, 0.6) is 5.75 Å². The van der Waals surface area contributed by atoms with E-state index < -0.39 is 6.61 Å². The van der Waals surface area contributed by atoms with Crippen molar-refractivity contribution in [2.24, 2.45) is 7.05 Å². The van der Waals surface area contributed by atoms with Crippen molar-refractivity contribution in [1.82, 2.24) is 19.7 Å². The monoisotopic (exact) mass is 487 g/mol. The summed E-state index contributed by atoms with van der Waals surface area (Å²) in [5.74, 6) is 0.536. The van der Waals surface area contributed by atoms with Crippen LogP contribution in [0.2, 0.25) is 0 Å². The summed E-state index contributed by atoms with van der Waals surface area (Å²) in [5.41, 5.74) is 3.66. The smallest absolute Gasteiger partial charge is 0.387 e. The maximum Gasteiger partial charge on any atom is 0.387 e. The van der Waals surface area contributed by atoms with Gasteiger partial charge in [-0.2, -0.15) is 8.78 Å². The van der Waals surface area contributed by atoms with Crippen LogP contribution in [0.1, 0.15) is 5.56 Å². The van der Waals surface area contributed by atoms with Crippen LogP contribution in [0, 0.1) is 6.92 Å². The van der Waals surface area contributed by atoms with Gasteiger partial charge in [0.05, 0.1) is 11.4 Å². The molecule has 0 aliphatic carbocycles. The molecule has 2 aromatic heterocycles. The number of nitrogens with one attached hydrogen (secondary N) is 1. The molecule has 0 bridgehead atoms. The largest absolute Gasteiger partial charge is 0.435 e. The highest BCUT2D eigenvalue weighted by molar-refractivity contribution is 7.99. The van der Waals surface area contributed by atoms with Crippen LogP contribution < -0.4 is 10.1 Å². The molecule has 0 saturated carbocycles. The van der Waals surface area contributed by atoms with E-state index in [4.69, 9.17) is 0 Å². The molecule has 0 spiro atoms. The molecule has 4 aromatic rings. The summed E-state index contributed by atoms with van der Waals surface area (Å²) < 4.78 is 30.7. The number of nitrogens with zero attached hydrogens (tertiary/aromatic N) is 4. The lowest BCUT2D eigenvalue weighted by Gasteiger charge is -2.06. The van der Waals surface area contributed by atoms with E-state index in [0.717, 1.165) is 11.3 Å². The molecule has 1 amide bonds. The molecular formula is C22H19F2N5O2S2. The molecule has 0 atom stereocenters. The number of halogens is 2. The van der Waals surface area contributed by atoms with Crippen LogP contribution in [-0.4, -0.2) is 38.0 Å². The number of alkyl halides is 2. The number of aromatic nitrogens is 4. The van der Waals surface area contributed by atoms with E-state index in [1.807, 2.05) is 36.6 Å². The van der Waals surface area contributed by atoms with Crippen molar-refractivity contribution in [3.63, 3.8) is 0 Å². The average molecular weight is 488 g/mol. The van der Waals surface area contributed by atoms with E-state index in [2.05, 4.69) is 25.2 Å². The summed E-state index contributed by atoms with van der Waals surface area (Å²) in [4.78, 5) is 16.9. The number of benzene rings is 2. The Labute approximate surface area is 196 Å². The van der Waals surface area contributed by atoms with Crippen molar-refractivity contribution in [3.8, 4) is 28.4 Å². The van der Waals surface area contributed by atoms with Gasteiger partial charge in [0, 0.05) is 23.6 Å². The molecule has 2 heterocycles. The predicted octanol–water partition coefficient (Wildman–Crippen LogP) is 5.25. The Morgan fingerprint density at radius 2 is 1.82 bits per heavy atom. The lowest BCUT2D eigenvalue weighted by atomic mass is 10.1. The second-order valence-corrected chi connectivity index (χ2v) is 8.81. The third-order valence-corrected chi connectivity index (χ3v) is 6.38. The molecule has 2 aromatic carbocycles. The Morgan fingerprint density at radius 3 is 2.52 bits per heavy atom. The molecule has 0 aliphatic heterocycles. The van der Waals surface area contributed by atoms with E-state index in [1.165, 1.54) is 40.8 Å². The summed E-state index contributed by atoms with van der Waals surface area (Å²) in [6, 6.07) is 14.2. The first-order chi connectivity index (χ1) is 15.9. The minimum atomic E-state index is -2.88. The lowest BCUT2D eigenvalue weighted by molar-refractivity contribution is -0.113. The summed E-state index contributed by atoms with van der Waals surface area (Å²) in [5, 5.41) is 14.1. The van der Waals surface area contributed by atoms with Gasteiger partial charge < -0.3 is 14.6 Å². The molecule has 4 rings (SSSR count). The number of rotatable bonds is 8. The van der Waals surface area contributed by atoms with Gasteiger partial charge in [0.1, 0.15) is 5.75 Å². The van der Waals surface area contributed by atoms with Crippen LogP contribution in [0.4, 0.5) is 13.9 Å². The average Bonchev–Trinajstić information content (AvgIpc) is 3.40. The molecule has 33 heavy (non-hydrogen) atoms. The normalized spacial score (nSPS) is 11.1. The first-order valence-electron chi connectivity index (χ1n) is 9.79. The number of amides is 1. The number of thioether (sulfide) groups is 1. The number of carbonyl (C=O) groups is 1. The van der Waals surface area contributed by atoms with Crippen LogP contribution in [0.3, 0.4) is 0 Å². The van der Waals surface area contributed by atoms with E-state index in [9.17, 15) is 13.6 Å². The van der Waals surface area contributed by atoms with Gasteiger partial charge >= 0.3 is 6.61 Å². The Hall–Kier alpha value is -3.31. The van der Waals surface area contributed by atoms with Crippen molar-refractivity contribution in [3.05, 3.63) is 59.5 Å². The number of ether oxygens (including phenoxy) is 1. The minimum Gasteiger partial charge on any atom is -0.435 e. The van der Waals surface area contributed by atoms with E-state index >= 15 is 0 Å². The van der Waals surface area contributed by atoms with E-state index in [0.29, 0.717) is 21.7 Å². The van der Waals surface area contributed by atoms with Gasteiger partial charge in [-0.1, -0.05) is 41.6 Å². The molecule has 11 heteroatoms. The van der Waals surface area contributed by atoms with Crippen LogP contribution >= 0.6 is 23.1 Å². The van der Waals surface area contributed by atoms with Gasteiger partial charge in [-0.25, -0.2) is 4.98 Å². The molecule has 1 N–H and O–H groups in total. The Bertz CT molecular complexity index is 1240. The number of thiazole rings is 1. The zero-order chi connectivity index (χ0) is 23.4. The molecular weight excluding hydrogens is 468 g/mol. The summed E-state index contributed by atoms with van der Waals surface area (Å²) in [6.45, 7) is -0.853. The summed E-state index contributed by atoms with van der Waals surface area (Å²) in [7, 11) is 1.77. The Kier molecular flexibility index (Phi) is 6.99. The quantitative estimate of drug-likeness (QED) is 0.342. The Morgan fingerprint density at radius 1 is 1.12 bits per heavy atom. The highest BCUT2D eigenvalue weighted by atomic mass is 32.2.